The van der Waals surface area contributed by atoms with E-state index in [0.29, 0.717) is 38.4 Å². The molecule has 7 heteroatoms. The van der Waals surface area contributed by atoms with Crippen molar-refractivity contribution in [2.45, 2.75) is 39.2 Å². The van der Waals surface area contributed by atoms with E-state index >= 15 is 0 Å². The number of carbonyl (C=O) groups excluding carboxylic acids is 2. The molecule has 2 rings (SSSR count). The van der Waals surface area contributed by atoms with E-state index in [4.69, 9.17) is 5.11 Å². The smallest absolute Gasteiger partial charge is 0.318 e. The van der Waals surface area contributed by atoms with Gasteiger partial charge in [0.2, 0.25) is 5.91 Å². The first-order chi connectivity index (χ1) is 12.8. The molecule has 2 N–H and O–H groups in total. The Kier molecular flexibility index (Phi) is 7.64. The molecule has 1 aromatic rings. The first kappa shape index (κ1) is 20.7. The lowest BCUT2D eigenvalue weighted by Crippen LogP contribution is -2.56. The Bertz CT molecular complexity index is 648. The van der Waals surface area contributed by atoms with Crippen LogP contribution in [-0.4, -0.2) is 65.0 Å². The van der Waals surface area contributed by atoms with Crippen molar-refractivity contribution in [1.29, 1.82) is 0 Å². The third-order valence-electron chi connectivity index (χ3n) is 4.55. The number of carbonyl (C=O) groups is 3. The van der Waals surface area contributed by atoms with Crippen molar-refractivity contribution in [2.24, 2.45) is 5.92 Å². The van der Waals surface area contributed by atoms with E-state index in [2.05, 4.69) is 19.2 Å². The minimum atomic E-state index is -0.889. The molecule has 27 heavy (non-hydrogen) atoms. The number of aliphatic carboxylic acids is 1. The number of rotatable bonds is 8. The van der Waals surface area contributed by atoms with Crippen molar-refractivity contribution >= 4 is 17.9 Å². The largest absolute Gasteiger partial charge is 0.481 e. The number of carboxylic acids is 1. The maximum Gasteiger partial charge on any atom is 0.318 e. The Morgan fingerprint density at radius 3 is 2.48 bits per heavy atom. The summed E-state index contributed by atoms with van der Waals surface area (Å²) < 4.78 is 0. The fraction of sp³-hybridized carbons (Fsp3) is 0.550. The Labute approximate surface area is 160 Å². The second kappa shape index (κ2) is 9.94. The Morgan fingerprint density at radius 2 is 1.89 bits per heavy atom. The lowest BCUT2D eigenvalue weighted by Gasteiger charge is -2.36. The summed E-state index contributed by atoms with van der Waals surface area (Å²) in [5.41, 5.74) is 1.03. The van der Waals surface area contributed by atoms with Crippen LogP contribution in [-0.2, 0) is 16.0 Å². The monoisotopic (exact) mass is 375 g/mol. The third kappa shape index (κ3) is 6.92. The van der Waals surface area contributed by atoms with Crippen LogP contribution in [0.2, 0.25) is 0 Å². The number of nitrogens with zero attached hydrogens (tertiary/aromatic N) is 2. The van der Waals surface area contributed by atoms with Gasteiger partial charge in [0.05, 0.1) is 0 Å². The molecular weight excluding hydrogens is 346 g/mol. The molecule has 0 aliphatic carbocycles. The average Bonchev–Trinajstić information content (AvgIpc) is 2.61. The third-order valence-corrected chi connectivity index (χ3v) is 4.55. The van der Waals surface area contributed by atoms with Gasteiger partial charge in [-0.2, -0.15) is 0 Å². The van der Waals surface area contributed by atoms with Gasteiger partial charge in [0, 0.05) is 32.1 Å². The van der Waals surface area contributed by atoms with Crippen molar-refractivity contribution in [3.05, 3.63) is 35.9 Å². The van der Waals surface area contributed by atoms with Crippen molar-refractivity contribution in [3.8, 4) is 0 Å². The van der Waals surface area contributed by atoms with E-state index in [-0.39, 0.29) is 30.9 Å². The number of benzene rings is 1. The minimum absolute atomic E-state index is 0.0150. The maximum atomic E-state index is 12.6. The number of carboxylic acid groups (broad SMARTS) is 1. The van der Waals surface area contributed by atoms with Crippen LogP contribution in [0.4, 0.5) is 4.79 Å². The van der Waals surface area contributed by atoms with Crippen LogP contribution in [0.3, 0.4) is 0 Å². The standard InChI is InChI=1S/C20H29N3O4/c1-15(2)13-22-10-11-23(14-18(22)24)20(27)21-17(8-9-19(25)26)12-16-6-4-3-5-7-16/h3-7,15,17H,8-14H2,1-2H3,(H,21,27)(H,25,26). The van der Waals surface area contributed by atoms with E-state index in [9.17, 15) is 14.4 Å². The molecule has 1 fully saturated rings. The molecule has 1 aromatic carbocycles. The summed E-state index contributed by atoms with van der Waals surface area (Å²) in [4.78, 5) is 39.1. The van der Waals surface area contributed by atoms with Crippen LogP contribution >= 0.6 is 0 Å². The van der Waals surface area contributed by atoms with Crippen LogP contribution in [0.25, 0.3) is 0 Å². The normalized spacial score (nSPS) is 15.7. The van der Waals surface area contributed by atoms with Crippen LogP contribution < -0.4 is 5.32 Å². The van der Waals surface area contributed by atoms with Gasteiger partial charge in [-0.15, -0.1) is 0 Å². The highest BCUT2D eigenvalue weighted by Crippen LogP contribution is 2.11. The molecule has 0 saturated carbocycles. The lowest BCUT2D eigenvalue weighted by molar-refractivity contribution is -0.137. The molecule has 0 bridgehead atoms. The number of hydrogen-bond donors (Lipinski definition) is 2. The van der Waals surface area contributed by atoms with Gasteiger partial charge in [-0.1, -0.05) is 44.2 Å². The van der Waals surface area contributed by atoms with Crippen molar-refractivity contribution < 1.29 is 19.5 Å². The highest BCUT2D eigenvalue weighted by atomic mass is 16.4. The zero-order valence-corrected chi connectivity index (χ0v) is 16.1. The number of amides is 3. The van der Waals surface area contributed by atoms with Crippen LogP contribution in [0.5, 0.6) is 0 Å². The summed E-state index contributed by atoms with van der Waals surface area (Å²) in [6, 6.07) is 9.05. The molecule has 1 unspecified atom stereocenters. The lowest BCUT2D eigenvalue weighted by atomic mass is 10.0. The summed E-state index contributed by atoms with van der Waals surface area (Å²) in [5, 5.41) is 11.9. The summed E-state index contributed by atoms with van der Waals surface area (Å²) in [6.45, 7) is 5.90. The molecule has 0 aromatic heterocycles. The molecule has 1 aliphatic heterocycles. The van der Waals surface area contributed by atoms with E-state index in [0.717, 1.165) is 5.56 Å². The Balaban J connectivity index is 1.94. The van der Waals surface area contributed by atoms with Crippen LogP contribution in [0.1, 0.15) is 32.3 Å². The highest BCUT2D eigenvalue weighted by molar-refractivity contribution is 5.85. The fourth-order valence-corrected chi connectivity index (χ4v) is 3.20. The van der Waals surface area contributed by atoms with E-state index in [1.165, 1.54) is 4.90 Å². The van der Waals surface area contributed by atoms with Crippen molar-refractivity contribution in [3.63, 3.8) is 0 Å². The zero-order valence-electron chi connectivity index (χ0n) is 16.1. The molecule has 0 radical (unpaired) electrons. The summed E-state index contributed by atoms with van der Waals surface area (Å²) in [5.74, 6) is -0.546. The SMILES string of the molecule is CC(C)CN1CCN(C(=O)NC(CCC(=O)O)Cc2ccccc2)CC1=O. The molecule has 0 spiro atoms. The topological polar surface area (TPSA) is 89.9 Å². The summed E-state index contributed by atoms with van der Waals surface area (Å²) >= 11 is 0. The Hall–Kier alpha value is -2.57. The number of urea groups is 1. The van der Waals surface area contributed by atoms with Gasteiger partial charge < -0.3 is 20.2 Å². The van der Waals surface area contributed by atoms with Crippen molar-refractivity contribution in [1.82, 2.24) is 15.1 Å². The number of piperazine rings is 1. The van der Waals surface area contributed by atoms with Crippen molar-refractivity contribution in [2.75, 3.05) is 26.2 Å². The molecule has 1 heterocycles. The maximum absolute atomic E-state index is 12.6. The van der Waals surface area contributed by atoms with Crippen LogP contribution in [0, 0.1) is 5.92 Å². The molecule has 1 atom stereocenters. The van der Waals surface area contributed by atoms with E-state index < -0.39 is 5.97 Å². The van der Waals surface area contributed by atoms with Gasteiger partial charge in [0.25, 0.3) is 0 Å². The average molecular weight is 375 g/mol. The van der Waals surface area contributed by atoms with Gasteiger partial charge >= 0.3 is 12.0 Å². The Morgan fingerprint density at radius 1 is 1.19 bits per heavy atom. The van der Waals surface area contributed by atoms with Gasteiger partial charge in [-0.25, -0.2) is 4.79 Å². The molecule has 1 saturated heterocycles. The molecular formula is C20H29N3O4. The molecule has 7 nitrogen and oxygen atoms in total. The van der Waals surface area contributed by atoms with Gasteiger partial charge in [0.1, 0.15) is 6.54 Å². The van der Waals surface area contributed by atoms with Gasteiger partial charge in [-0.3, -0.25) is 9.59 Å². The molecule has 1 aliphatic rings. The van der Waals surface area contributed by atoms with E-state index in [1.54, 1.807) is 4.90 Å². The minimum Gasteiger partial charge on any atom is -0.481 e. The highest BCUT2D eigenvalue weighted by Gasteiger charge is 2.28. The second-order valence-corrected chi connectivity index (χ2v) is 7.42. The molecule has 148 valence electrons. The summed E-state index contributed by atoms with van der Waals surface area (Å²) in [7, 11) is 0. The van der Waals surface area contributed by atoms with E-state index in [1.807, 2.05) is 30.3 Å². The second-order valence-electron chi connectivity index (χ2n) is 7.42. The predicted octanol–water partition coefficient (Wildman–Crippen LogP) is 1.97. The quantitative estimate of drug-likeness (QED) is 0.727. The summed E-state index contributed by atoms with van der Waals surface area (Å²) in [6.07, 6.45) is 0.886. The first-order valence-corrected chi connectivity index (χ1v) is 9.44. The zero-order chi connectivity index (χ0) is 19.8. The molecule has 3 amide bonds. The first-order valence-electron chi connectivity index (χ1n) is 9.44. The van der Waals surface area contributed by atoms with Crippen LogP contribution in [0.15, 0.2) is 30.3 Å². The predicted molar refractivity (Wildman–Crippen MR) is 102 cm³/mol. The van der Waals surface area contributed by atoms with Gasteiger partial charge in [-0.05, 0) is 24.3 Å². The fourth-order valence-electron chi connectivity index (χ4n) is 3.20. The number of nitrogens with one attached hydrogen (secondary N) is 1. The number of hydrogen-bond acceptors (Lipinski definition) is 3. The van der Waals surface area contributed by atoms with Gasteiger partial charge in [0.15, 0.2) is 0 Å².